The van der Waals surface area contributed by atoms with Gasteiger partial charge in [0.15, 0.2) is 17.2 Å². The van der Waals surface area contributed by atoms with Gasteiger partial charge in [0.05, 0.1) is 11.8 Å². The first kappa shape index (κ1) is 20.6. The van der Waals surface area contributed by atoms with Crippen molar-refractivity contribution >= 4 is 11.6 Å². The Bertz CT molecular complexity index is 1170. The molecule has 1 aromatic heterocycles. The first-order valence-corrected chi connectivity index (χ1v) is 8.86. The quantitative estimate of drug-likeness (QED) is 0.584. The fourth-order valence-corrected chi connectivity index (χ4v) is 3.28. The normalized spacial score (nSPS) is 14.5. The van der Waals surface area contributed by atoms with E-state index >= 15 is 0 Å². The van der Waals surface area contributed by atoms with Gasteiger partial charge >= 0.3 is 12.5 Å². The molecule has 11 heteroatoms. The number of hydrogen-bond acceptors (Lipinski definition) is 4. The van der Waals surface area contributed by atoms with Crippen molar-refractivity contribution in [1.82, 2.24) is 9.78 Å². The van der Waals surface area contributed by atoms with Gasteiger partial charge in [0.1, 0.15) is 0 Å². The first-order valence-electron chi connectivity index (χ1n) is 8.86. The standard InChI is InChI=1S/C20H14F5N3O3/c1-10-7-15-16(31-20(24,25)30-15)8-13(10)11-3-5-12(6-4-11)27-18(29)14-9-26-28(2)17(14)19(21,22)23/h3-9H,1-2H3,(H,27,29). The topological polar surface area (TPSA) is 65.4 Å². The Morgan fingerprint density at radius 1 is 1.10 bits per heavy atom. The van der Waals surface area contributed by atoms with Crippen LogP contribution in [0.15, 0.2) is 42.6 Å². The van der Waals surface area contributed by atoms with E-state index in [9.17, 15) is 26.7 Å². The van der Waals surface area contributed by atoms with Gasteiger partial charge in [-0.1, -0.05) is 12.1 Å². The van der Waals surface area contributed by atoms with Gasteiger partial charge in [0.25, 0.3) is 5.91 Å². The molecule has 0 spiro atoms. The number of alkyl halides is 5. The predicted octanol–water partition coefficient (Wildman–Crippen LogP) is 4.99. The summed E-state index contributed by atoms with van der Waals surface area (Å²) in [7, 11) is 1.10. The third-order valence-corrected chi connectivity index (χ3v) is 4.65. The average Bonchev–Trinajstić information content (AvgIpc) is 3.19. The maximum absolute atomic E-state index is 13.3. The number of carbonyl (C=O) groups excluding carboxylic acids is 1. The van der Waals surface area contributed by atoms with Crippen LogP contribution in [0, 0.1) is 6.92 Å². The second-order valence-corrected chi connectivity index (χ2v) is 6.84. The summed E-state index contributed by atoms with van der Waals surface area (Å²) < 4.78 is 75.5. The van der Waals surface area contributed by atoms with Gasteiger partial charge < -0.3 is 14.8 Å². The summed E-state index contributed by atoms with van der Waals surface area (Å²) in [6, 6.07) is 8.97. The molecule has 0 saturated carbocycles. The number of benzene rings is 2. The van der Waals surface area contributed by atoms with Crippen LogP contribution >= 0.6 is 0 Å². The first-order chi connectivity index (χ1) is 14.4. The molecule has 2 aromatic carbocycles. The van der Waals surface area contributed by atoms with Gasteiger partial charge in [-0.15, -0.1) is 8.78 Å². The van der Waals surface area contributed by atoms with Gasteiger partial charge in [0.2, 0.25) is 0 Å². The van der Waals surface area contributed by atoms with E-state index in [-0.39, 0.29) is 17.2 Å². The predicted molar refractivity (Wildman–Crippen MR) is 99.0 cm³/mol. The van der Waals surface area contributed by atoms with E-state index in [0.717, 1.165) is 13.2 Å². The van der Waals surface area contributed by atoms with Crippen LogP contribution in [0.4, 0.5) is 27.6 Å². The highest BCUT2D eigenvalue weighted by Crippen LogP contribution is 2.44. The Balaban J connectivity index is 1.56. The summed E-state index contributed by atoms with van der Waals surface area (Å²) in [5.74, 6) is -1.15. The van der Waals surface area contributed by atoms with Crippen molar-refractivity contribution in [3.8, 4) is 22.6 Å². The summed E-state index contributed by atoms with van der Waals surface area (Å²) in [5.41, 5.74) is 0.331. The summed E-state index contributed by atoms with van der Waals surface area (Å²) >= 11 is 0. The van der Waals surface area contributed by atoms with Crippen LogP contribution in [0.3, 0.4) is 0 Å². The lowest BCUT2D eigenvalue weighted by atomic mass is 9.99. The molecule has 1 N–H and O–H groups in total. The van der Waals surface area contributed by atoms with E-state index in [0.29, 0.717) is 21.4 Å². The molecule has 0 fully saturated rings. The lowest BCUT2D eigenvalue weighted by Crippen LogP contribution is -2.25. The lowest BCUT2D eigenvalue weighted by Gasteiger charge is -2.11. The minimum Gasteiger partial charge on any atom is -0.395 e. The van der Waals surface area contributed by atoms with Crippen LogP contribution in [0.1, 0.15) is 21.6 Å². The minimum absolute atomic E-state index is 0.0768. The fourth-order valence-electron chi connectivity index (χ4n) is 3.28. The molecule has 6 nitrogen and oxygen atoms in total. The number of aryl methyl sites for hydroxylation is 2. The van der Waals surface area contributed by atoms with Gasteiger partial charge in [-0.05, 0) is 47.9 Å². The van der Waals surface area contributed by atoms with Crippen LogP contribution in [0.5, 0.6) is 11.5 Å². The van der Waals surface area contributed by atoms with Crippen molar-refractivity contribution < 1.29 is 36.2 Å². The molecule has 31 heavy (non-hydrogen) atoms. The molecule has 1 aliphatic rings. The Morgan fingerprint density at radius 2 is 1.71 bits per heavy atom. The number of fused-ring (bicyclic) bond motifs is 1. The molecule has 1 amide bonds. The molecule has 4 rings (SSSR count). The van der Waals surface area contributed by atoms with E-state index in [1.165, 1.54) is 24.3 Å². The van der Waals surface area contributed by atoms with Crippen LogP contribution < -0.4 is 14.8 Å². The van der Waals surface area contributed by atoms with Gasteiger partial charge in [-0.3, -0.25) is 9.48 Å². The fraction of sp³-hybridized carbons (Fsp3) is 0.200. The zero-order chi connectivity index (χ0) is 22.6. The van der Waals surface area contributed by atoms with Gasteiger partial charge in [-0.25, -0.2) is 0 Å². The van der Waals surface area contributed by atoms with Crippen molar-refractivity contribution in [2.45, 2.75) is 19.4 Å². The van der Waals surface area contributed by atoms with Crippen molar-refractivity contribution in [1.29, 1.82) is 0 Å². The molecule has 1 aliphatic heterocycles. The second kappa shape index (κ2) is 6.96. The van der Waals surface area contributed by atoms with Crippen molar-refractivity contribution in [3.05, 3.63) is 59.4 Å². The third kappa shape index (κ3) is 3.90. The van der Waals surface area contributed by atoms with E-state index in [2.05, 4.69) is 19.9 Å². The number of carbonyl (C=O) groups is 1. The molecule has 0 bridgehead atoms. The monoisotopic (exact) mass is 439 g/mol. The SMILES string of the molecule is Cc1cc2c(cc1-c1ccc(NC(=O)c3cnn(C)c3C(F)(F)F)cc1)OC(F)(F)O2. The molecule has 2 heterocycles. The highest BCUT2D eigenvalue weighted by molar-refractivity contribution is 6.05. The summed E-state index contributed by atoms with van der Waals surface area (Å²) in [6.07, 6.45) is -7.63. The highest BCUT2D eigenvalue weighted by Gasteiger charge is 2.43. The number of rotatable bonds is 3. The molecule has 3 aromatic rings. The largest absolute Gasteiger partial charge is 0.586 e. The summed E-state index contributed by atoms with van der Waals surface area (Å²) in [5, 5.41) is 5.90. The maximum Gasteiger partial charge on any atom is 0.586 e. The minimum atomic E-state index is -4.74. The van der Waals surface area contributed by atoms with Crippen LogP contribution in [0.2, 0.25) is 0 Å². The van der Waals surface area contributed by atoms with Crippen LogP contribution in [0.25, 0.3) is 11.1 Å². The Kier molecular flexibility index (Phi) is 4.64. The van der Waals surface area contributed by atoms with Crippen LogP contribution in [-0.2, 0) is 13.2 Å². The summed E-state index contributed by atoms with van der Waals surface area (Å²) in [6.45, 7) is 1.70. The molecule has 0 aliphatic carbocycles. The number of anilines is 1. The van der Waals surface area contributed by atoms with Gasteiger partial charge in [0, 0.05) is 12.7 Å². The maximum atomic E-state index is 13.3. The molecule has 0 saturated heterocycles. The lowest BCUT2D eigenvalue weighted by molar-refractivity contribution is -0.286. The Hall–Kier alpha value is -3.63. The molecule has 162 valence electrons. The number of hydrogen-bond donors (Lipinski definition) is 1. The van der Waals surface area contributed by atoms with Crippen molar-refractivity contribution in [2.24, 2.45) is 7.05 Å². The number of aromatic nitrogens is 2. The van der Waals surface area contributed by atoms with E-state index < -0.39 is 29.6 Å². The van der Waals surface area contributed by atoms with Crippen molar-refractivity contribution in [3.63, 3.8) is 0 Å². The van der Waals surface area contributed by atoms with Crippen LogP contribution in [-0.4, -0.2) is 22.0 Å². The number of nitrogens with one attached hydrogen (secondary N) is 1. The molecular weight excluding hydrogens is 425 g/mol. The molecule has 0 radical (unpaired) electrons. The third-order valence-electron chi connectivity index (χ3n) is 4.65. The zero-order valence-corrected chi connectivity index (χ0v) is 16.1. The molecular formula is C20H14F5N3O3. The summed E-state index contributed by atoms with van der Waals surface area (Å²) in [4.78, 5) is 12.3. The second-order valence-electron chi connectivity index (χ2n) is 6.84. The molecule has 0 unspecified atom stereocenters. The Labute approximate surface area is 172 Å². The van der Waals surface area contributed by atoms with E-state index in [4.69, 9.17) is 0 Å². The zero-order valence-electron chi connectivity index (χ0n) is 16.1. The van der Waals surface area contributed by atoms with Crippen molar-refractivity contribution in [2.75, 3.05) is 5.32 Å². The number of halogens is 5. The number of ether oxygens (including phenoxy) is 2. The van der Waals surface area contributed by atoms with Gasteiger partial charge in [-0.2, -0.15) is 18.3 Å². The smallest absolute Gasteiger partial charge is 0.395 e. The number of amides is 1. The highest BCUT2D eigenvalue weighted by atomic mass is 19.4. The average molecular weight is 439 g/mol. The van der Waals surface area contributed by atoms with E-state index in [1.807, 2.05) is 0 Å². The molecule has 0 atom stereocenters. The van der Waals surface area contributed by atoms with E-state index in [1.54, 1.807) is 19.1 Å². The number of nitrogens with zero attached hydrogens (tertiary/aromatic N) is 2. The Morgan fingerprint density at radius 3 is 2.32 bits per heavy atom.